The first kappa shape index (κ1) is 16.7. The third-order valence-corrected chi connectivity index (χ3v) is 5.95. The second-order valence-corrected chi connectivity index (χ2v) is 7.77. The van der Waals surface area contributed by atoms with Crippen LogP contribution >= 0.6 is 0 Å². The summed E-state index contributed by atoms with van der Waals surface area (Å²) in [4.78, 5) is 9.64. The maximum Gasteiger partial charge on any atom is 0.240 e. The van der Waals surface area contributed by atoms with E-state index in [1.807, 2.05) is 0 Å². The van der Waals surface area contributed by atoms with E-state index in [1.165, 1.54) is 24.9 Å². The summed E-state index contributed by atoms with van der Waals surface area (Å²) in [6.45, 7) is 6.25. The van der Waals surface area contributed by atoms with Gasteiger partial charge < -0.3 is 4.52 Å². The van der Waals surface area contributed by atoms with Crippen LogP contribution in [0.3, 0.4) is 0 Å². The lowest BCUT2D eigenvalue weighted by atomic mass is 9.94. The van der Waals surface area contributed by atoms with Gasteiger partial charge in [-0.05, 0) is 52.3 Å². The number of hydrogen-bond donors (Lipinski definition) is 0. The monoisotopic (exact) mass is 340 g/mol. The zero-order chi connectivity index (χ0) is 17.4. The molecular weight excluding hydrogens is 312 g/mol. The Balaban J connectivity index is 1.54. The predicted octanol–water partition coefficient (Wildman–Crippen LogP) is 3.60. The van der Waals surface area contributed by atoms with Gasteiger partial charge in [-0.25, -0.2) is 0 Å². The largest absolute Gasteiger partial charge is 0.338 e. The molecule has 0 spiro atoms. The normalized spacial score (nSPS) is 26.7. The Hall–Kier alpha value is -1.72. The van der Waals surface area contributed by atoms with Crippen molar-refractivity contribution in [1.29, 1.82) is 0 Å². The van der Waals surface area contributed by atoms with Crippen molar-refractivity contribution in [1.82, 2.24) is 19.9 Å². The van der Waals surface area contributed by atoms with Gasteiger partial charge in [-0.3, -0.25) is 9.80 Å². The maximum absolute atomic E-state index is 5.57. The van der Waals surface area contributed by atoms with Gasteiger partial charge in [0, 0.05) is 24.0 Å². The Morgan fingerprint density at radius 2 is 2.08 bits per heavy atom. The Kier molecular flexibility index (Phi) is 4.61. The van der Waals surface area contributed by atoms with Crippen molar-refractivity contribution in [2.75, 3.05) is 13.6 Å². The molecule has 3 atom stereocenters. The summed E-state index contributed by atoms with van der Waals surface area (Å²) >= 11 is 0. The zero-order valence-corrected chi connectivity index (χ0v) is 15.4. The zero-order valence-electron chi connectivity index (χ0n) is 15.4. The average Bonchev–Trinajstić information content (AvgIpc) is 3.31. The fourth-order valence-electron chi connectivity index (χ4n) is 4.33. The van der Waals surface area contributed by atoms with Crippen LogP contribution in [-0.4, -0.2) is 45.6 Å². The van der Waals surface area contributed by atoms with Gasteiger partial charge in [-0.1, -0.05) is 35.5 Å². The summed E-state index contributed by atoms with van der Waals surface area (Å²) < 4.78 is 5.57. The Labute approximate surface area is 150 Å². The van der Waals surface area contributed by atoms with Crippen molar-refractivity contribution in [2.45, 2.75) is 63.7 Å². The first-order chi connectivity index (χ1) is 12.1. The summed E-state index contributed by atoms with van der Waals surface area (Å²) in [6, 6.07) is 12.4. The number of hydrogen-bond acceptors (Lipinski definition) is 5. The third-order valence-electron chi connectivity index (χ3n) is 5.95. The molecule has 0 saturated carbocycles. The highest BCUT2D eigenvalue weighted by Gasteiger charge is 2.46. The van der Waals surface area contributed by atoms with Gasteiger partial charge in [0.25, 0.3) is 0 Å². The summed E-state index contributed by atoms with van der Waals surface area (Å²) in [5.41, 5.74) is 1.42. The Morgan fingerprint density at radius 3 is 2.84 bits per heavy atom. The highest BCUT2D eigenvalue weighted by atomic mass is 16.5. The van der Waals surface area contributed by atoms with Gasteiger partial charge in [0.15, 0.2) is 5.82 Å². The highest BCUT2D eigenvalue weighted by molar-refractivity contribution is 5.24. The molecule has 2 aliphatic rings. The summed E-state index contributed by atoms with van der Waals surface area (Å²) in [6.07, 6.45) is 3.60. The minimum absolute atomic E-state index is 0.384. The van der Waals surface area contributed by atoms with Crippen LogP contribution in [0.1, 0.15) is 62.3 Å². The van der Waals surface area contributed by atoms with E-state index >= 15 is 0 Å². The maximum atomic E-state index is 5.57. The molecular formula is C20H28N4O. The van der Waals surface area contributed by atoms with Gasteiger partial charge in [0.1, 0.15) is 0 Å². The van der Waals surface area contributed by atoms with Crippen molar-refractivity contribution in [3.8, 4) is 0 Å². The van der Waals surface area contributed by atoms with Gasteiger partial charge in [0.2, 0.25) is 5.89 Å². The second-order valence-electron chi connectivity index (χ2n) is 7.77. The minimum Gasteiger partial charge on any atom is -0.338 e. The molecule has 2 saturated heterocycles. The predicted molar refractivity (Wildman–Crippen MR) is 97.2 cm³/mol. The van der Waals surface area contributed by atoms with Gasteiger partial charge in [-0.15, -0.1) is 0 Å². The summed E-state index contributed by atoms with van der Waals surface area (Å²) in [7, 11) is 2.09. The van der Waals surface area contributed by atoms with Gasteiger partial charge >= 0.3 is 0 Å². The quantitative estimate of drug-likeness (QED) is 0.832. The average molecular weight is 340 g/mol. The molecule has 1 aromatic heterocycles. The minimum atomic E-state index is 0.384. The second kappa shape index (κ2) is 6.89. The number of aromatic nitrogens is 2. The number of rotatable bonds is 5. The molecule has 2 fully saturated rings. The molecule has 0 radical (unpaired) electrons. The fraction of sp³-hybridized carbons (Fsp3) is 0.600. The van der Waals surface area contributed by atoms with Crippen molar-refractivity contribution in [3.05, 3.63) is 47.6 Å². The van der Waals surface area contributed by atoms with Crippen LogP contribution in [0.5, 0.6) is 0 Å². The van der Waals surface area contributed by atoms with E-state index in [-0.39, 0.29) is 0 Å². The molecule has 0 unspecified atom stereocenters. The molecule has 0 aliphatic carbocycles. The van der Waals surface area contributed by atoms with Crippen LogP contribution < -0.4 is 0 Å². The van der Waals surface area contributed by atoms with E-state index in [9.17, 15) is 0 Å². The number of fused-ring (bicyclic) bond motifs is 1. The van der Waals surface area contributed by atoms with Gasteiger partial charge in [-0.2, -0.15) is 4.98 Å². The Morgan fingerprint density at radius 1 is 1.28 bits per heavy atom. The SMILES string of the molecule is CC(C)N(C)Cc1nc([C@H]2C[C@@H](c3ccccc3)N3CCC[C@H]23)no1. The topological polar surface area (TPSA) is 45.4 Å². The van der Waals surface area contributed by atoms with Crippen molar-refractivity contribution < 1.29 is 4.52 Å². The molecule has 1 aromatic carbocycles. The summed E-state index contributed by atoms with van der Waals surface area (Å²) in [5.74, 6) is 2.02. The van der Waals surface area contributed by atoms with Crippen LogP contribution in [0.4, 0.5) is 0 Å². The van der Waals surface area contributed by atoms with E-state index in [4.69, 9.17) is 9.51 Å². The van der Waals surface area contributed by atoms with E-state index < -0.39 is 0 Å². The first-order valence-electron chi connectivity index (χ1n) is 9.47. The smallest absolute Gasteiger partial charge is 0.240 e. The molecule has 3 heterocycles. The van der Waals surface area contributed by atoms with Crippen LogP contribution in [-0.2, 0) is 6.54 Å². The fourth-order valence-corrected chi connectivity index (χ4v) is 4.33. The number of benzene rings is 1. The molecule has 5 heteroatoms. The van der Waals surface area contributed by atoms with E-state index in [0.29, 0.717) is 30.6 Å². The number of nitrogens with zero attached hydrogens (tertiary/aromatic N) is 4. The lowest BCUT2D eigenvalue weighted by molar-refractivity contribution is 0.225. The molecule has 0 bridgehead atoms. The lowest BCUT2D eigenvalue weighted by Gasteiger charge is -2.24. The Bertz CT molecular complexity index is 699. The van der Waals surface area contributed by atoms with Crippen molar-refractivity contribution >= 4 is 0 Å². The molecule has 2 aromatic rings. The molecule has 2 aliphatic heterocycles. The molecule has 5 nitrogen and oxygen atoms in total. The third kappa shape index (κ3) is 3.23. The molecule has 0 amide bonds. The molecule has 0 N–H and O–H groups in total. The van der Waals surface area contributed by atoms with Gasteiger partial charge in [0.05, 0.1) is 6.54 Å². The first-order valence-corrected chi connectivity index (χ1v) is 9.47. The lowest BCUT2D eigenvalue weighted by Crippen LogP contribution is -2.27. The van der Waals surface area contributed by atoms with E-state index in [2.05, 4.69) is 66.2 Å². The molecule has 134 valence electrons. The van der Waals surface area contributed by atoms with Crippen LogP contribution in [0.15, 0.2) is 34.9 Å². The highest BCUT2D eigenvalue weighted by Crippen LogP contribution is 2.48. The van der Waals surface area contributed by atoms with Crippen molar-refractivity contribution in [2.24, 2.45) is 0 Å². The molecule has 25 heavy (non-hydrogen) atoms. The molecule has 4 rings (SSSR count). The van der Waals surface area contributed by atoms with Crippen LogP contribution in [0.2, 0.25) is 0 Å². The summed E-state index contributed by atoms with van der Waals surface area (Å²) in [5, 5.41) is 4.36. The van der Waals surface area contributed by atoms with Crippen LogP contribution in [0, 0.1) is 0 Å². The van der Waals surface area contributed by atoms with E-state index in [0.717, 1.165) is 18.1 Å². The van der Waals surface area contributed by atoms with Crippen molar-refractivity contribution in [3.63, 3.8) is 0 Å². The van der Waals surface area contributed by atoms with Crippen LogP contribution in [0.25, 0.3) is 0 Å². The van der Waals surface area contributed by atoms with E-state index in [1.54, 1.807) is 0 Å². The standard InChI is InChI=1S/C20H28N4O/c1-14(2)23(3)13-19-21-20(22-25-19)16-12-18(15-8-5-4-6-9-15)24-11-7-10-17(16)24/h4-6,8-9,14,16-18H,7,10-13H2,1-3H3/t16-,17+,18-/m0/s1.